The van der Waals surface area contributed by atoms with Crippen molar-refractivity contribution in [2.75, 3.05) is 14.2 Å². The van der Waals surface area contributed by atoms with Crippen molar-refractivity contribution >= 4 is 16.9 Å². The third-order valence-corrected chi connectivity index (χ3v) is 4.87. The van der Waals surface area contributed by atoms with Crippen LogP contribution in [0.4, 0.5) is 0 Å². The molecule has 0 saturated heterocycles. The molecule has 4 aromatic rings. The van der Waals surface area contributed by atoms with Crippen molar-refractivity contribution in [3.8, 4) is 22.9 Å². The van der Waals surface area contributed by atoms with E-state index in [9.17, 15) is 4.79 Å². The second-order valence-corrected chi connectivity index (χ2v) is 7.01. The molecule has 9 nitrogen and oxygen atoms in total. The van der Waals surface area contributed by atoms with Crippen LogP contribution < -0.4 is 14.8 Å². The molecule has 2 heterocycles. The molecule has 0 radical (unpaired) electrons. The summed E-state index contributed by atoms with van der Waals surface area (Å²) in [4.78, 5) is 24.5. The van der Waals surface area contributed by atoms with E-state index in [2.05, 4.69) is 25.4 Å². The number of nitrogens with one attached hydrogen (secondary N) is 2. The number of aromatic nitrogens is 4. The average Bonchev–Trinajstić information content (AvgIpc) is 3.44. The third kappa shape index (κ3) is 4.50. The lowest BCUT2D eigenvalue weighted by molar-refractivity contribution is -0.121. The highest BCUT2D eigenvalue weighted by Crippen LogP contribution is 2.31. The molecule has 9 heteroatoms. The zero-order valence-electron chi connectivity index (χ0n) is 17.5. The number of imidazole rings is 1. The molecule has 0 spiro atoms. The molecule has 0 aliphatic rings. The monoisotopic (exact) mass is 421 g/mol. The number of nitrogens with zero attached hydrogens (tertiary/aromatic N) is 3. The van der Waals surface area contributed by atoms with Gasteiger partial charge in [-0.2, -0.15) is 4.98 Å². The first-order valence-electron chi connectivity index (χ1n) is 9.86. The fraction of sp³-hybridized carbons (Fsp3) is 0.273. The molecule has 4 rings (SSSR count). The summed E-state index contributed by atoms with van der Waals surface area (Å²) in [5.41, 5.74) is 2.54. The number of amides is 1. The molecule has 2 aromatic carbocycles. The molecule has 0 bridgehead atoms. The highest BCUT2D eigenvalue weighted by Gasteiger charge is 2.16. The largest absolute Gasteiger partial charge is 0.493 e. The van der Waals surface area contributed by atoms with E-state index < -0.39 is 0 Å². The van der Waals surface area contributed by atoms with Gasteiger partial charge in [-0.3, -0.25) is 4.79 Å². The maximum atomic E-state index is 12.4. The molecular weight excluding hydrogens is 398 g/mol. The van der Waals surface area contributed by atoms with Gasteiger partial charge in [0.05, 0.1) is 31.3 Å². The van der Waals surface area contributed by atoms with E-state index in [1.807, 2.05) is 37.3 Å². The number of H-pyrrole nitrogens is 1. The summed E-state index contributed by atoms with van der Waals surface area (Å²) >= 11 is 0. The van der Waals surface area contributed by atoms with Crippen molar-refractivity contribution in [3.05, 3.63) is 54.2 Å². The van der Waals surface area contributed by atoms with Gasteiger partial charge in [0.25, 0.3) is 0 Å². The molecule has 0 unspecified atom stereocenters. The SMILES string of the molecule is COc1ccc(-c2noc(CCC(=O)N[C@@H](C)c3nc4ccccc4[nH]3)n2)cc1OC. The number of carbonyl (C=O) groups is 1. The van der Waals surface area contributed by atoms with Gasteiger partial charge in [-0.1, -0.05) is 17.3 Å². The van der Waals surface area contributed by atoms with Crippen LogP contribution in [0.1, 0.15) is 31.1 Å². The van der Waals surface area contributed by atoms with Crippen LogP contribution in [0.25, 0.3) is 22.4 Å². The van der Waals surface area contributed by atoms with Crippen molar-refractivity contribution in [2.45, 2.75) is 25.8 Å². The molecule has 2 N–H and O–H groups in total. The number of rotatable bonds is 8. The Hall–Kier alpha value is -3.88. The Labute approximate surface area is 178 Å². The van der Waals surface area contributed by atoms with Crippen LogP contribution in [0, 0.1) is 0 Å². The fourth-order valence-electron chi connectivity index (χ4n) is 3.23. The lowest BCUT2D eigenvalue weighted by atomic mass is 10.2. The Bertz CT molecular complexity index is 1170. The van der Waals surface area contributed by atoms with E-state index in [-0.39, 0.29) is 18.4 Å². The minimum Gasteiger partial charge on any atom is -0.493 e. The first-order chi connectivity index (χ1) is 15.1. The third-order valence-electron chi connectivity index (χ3n) is 4.87. The second-order valence-electron chi connectivity index (χ2n) is 7.01. The number of aromatic amines is 1. The molecular formula is C22H23N5O4. The topological polar surface area (TPSA) is 115 Å². The Morgan fingerprint density at radius 3 is 2.71 bits per heavy atom. The van der Waals surface area contributed by atoms with E-state index in [1.54, 1.807) is 26.4 Å². The van der Waals surface area contributed by atoms with Crippen molar-refractivity contribution in [1.82, 2.24) is 25.4 Å². The molecule has 0 saturated carbocycles. The van der Waals surface area contributed by atoms with E-state index in [4.69, 9.17) is 14.0 Å². The number of benzene rings is 2. The Balaban J connectivity index is 1.35. The van der Waals surface area contributed by atoms with Gasteiger partial charge in [0.2, 0.25) is 17.6 Å². The summed E-state index contributed by atoms with van der Waals surface area (Å²) < 4.78 is 15.8. The molecule has 1 atom stereocenters. The predicted octanol–water partition coefficient (Wildman–Crippen LogP) is 3.44. The summed E-state index contributed by atoms with van der Waals surface area (Å²) in [6.07, 6.45) is 0.553. The fourth-order valence-corrected chi connectivity index (χ4v) is 3.23. The standard InChI is InChI=1S/C22H23N5O4/c1-13(21-24-15-6-4-5-7-16(15)25-21)23-19(28)10-11-20-26-22(27-31-20)14-8-9-17(29-2)18(12-14)30-3/h4-9,12-13H,10-11H2,1-3H3,(H,23,28)(H,24,25)/t13-/m0/s1. The number of hydrogen-bond donors (Lipinski definition) is 2. The number of hydrogen-bond acceptors (Lipinski definition) is 7. The minimum atomic E-state index is -0.245. The summed E-state index contributed by atoms with van der Waals surface area (Å²) in [6.45, 7) is 1.89. The van der Waals surface area contributed by atoms with E-state index in [0.717, 1.165) is 16.6 Å². The Morgan fingerprint density at radius 1 is 1.13 bits per heavy atom. The van der Waals surface area contributed by atoms with E-state index in [0.29, 0.717) is 35.5 Å². The predicted molar refractivity (Wildman–Crippen MR) is 114 cm³/mol. The van der Waals surface area contributed by atoms with Gasteiger partial charge in [0.15, 0.2) is 11.5 Å². The number of methoxy groups -OCH3 is 2. The molecule has 1 amide bonds. The highest BCUT2D eigenvalue weighted by atomic mass is 16.5. The first-order valence-corrected chi connectivity index (χ1v) is 9.86. The zero-order chi connectivity index (χ0) is 21.8. The summed E-state index contributed by atoms with van der Waals surface area (Å²) in [5.74, 6) is 2.58. The smallest absolute Gasteiger partial charge is 0.227 e. The number of carbonyl (C=O) groups excluding carboxylic acids is 1. The maximum Gasteiger partial charge on any atom is 0.227 e. The summed E-state index contributed by atoms with van der Waals surface area (Å²) in [7, 11) is 3.14. The lowest BCUT2D eigenvalue weighted by Gasteiger charge is -2.10. The summed E-state index contributed by atoms with van der Waals surface area (Å²) in [6, 6.07) is 12.9. The van der Waals surface area contributed by atoms with Crippen LogP contribution in [0.3, 0.4) is 0 Å². The quantitative estimate of drug-likeness (QED) is 0.448. The van der Waals surface area contributed by atoms with Gasteiger partial charge in [0.1, 0.15) is 5.82 Å². The number of para-hydroxylation sites is 2. The van der Waals surface area contributed by atoms with Crippen LogP contribution >= 0.6 is 0 Å². The van der Waals surface area contributed by atoms with Gasteiger partial charge in [0, 0.05) is 18.4 Å². The van der Waals surface area contributed by atoms with Crippen molar-refractivity contribution in [3.63, 3.8) is 0 Å². The van der Waals surface area contributed by atoms with Crippen LogP contribution in [-0.2, 0) is 11.2 Å². The van der Waals surface area contributed by atoms with Gasteiger partial charge in [-0.05, 0) is 37.3 Å². The molecule has 160 valence electrons. The second kappa shape index (κ2) is 8.86. The van der Waals surface area contributed by atoms with Gasteiger partial charge in [-0.25, -0.2) is 4.98 Å². The molecule has 31 heavy (non-hydrogen) atoms. The van der Waals surface area contributed by atoms with Gasteiger partial charge < -0.3 is 24.3 Å². The molecule has 0 fully saturated rings. The number of ether oxygens (including phenoxy) is 2. The minimum absolute atomic E-state index is 0.126. The van der Waals surface area contributed by atoms with Crippen LogP contribution in [0.5, 0.6) is 11.5 Å². The lowest BCUT2D eigenvalue weighted by Crippen LogP contribution is -2.27. The normalized spacial score (nSPS) is 12.0. The van der Waals surface area contributed by atoms with Crippen molar-refractivity contribution < 1.29 is 18.8 Å². The molecule has 0 aliphatic heterocycles. The van der Waals surface area contributed by atoms with Crippen LogP contribution in [-0.4, -0.2) is 40.2 Å². The first kappa shape index (κ1) is 20.4. The summed E-state index contributed by atoms with van der Waals surface area (Å²) in [5, 5.41) is 6.94. The average molecular weight is 421 g/mol. The zero-order valence-corrected chi connectivity index (χ0v) is 17.5. The van der Waals surface area contributed by atoms with Crippen LogP contribution in [0.2, 0.25) is 0 Å². The van der Waals surface area contributed by atoms with Crippen LogP contribution in [0.15, 0.2) is 47.0 Å². The maximum absolute atomic E-state index is 12.4. The van der Waals surface area contributed by atoms with Crippen molar-refractivity contribution in [2.24, 2.45) is 0 Å². The number of aryl methyl sites for hydroxylation is 1. The van der Waals surface area contributed by atoms with E-state index in [1.165, 1.54) is 0 Å². The van der Waals surface area contributed by atoms with Gasteiger partial charge >= 0.3 is 0 Å². The van der Waals surface area contributed by atoms with Gasteiger partial charge in [-0.15, -0.1) is 0 Å². The van der Waals surface area contributed by atoms with Crippen molar-refractivity contribution in [1.29, 1.82) is 0 Å². The molecule has 2 aromatic heterocycles. The van der Waals surface area contributed by atoms with E-state index >= 15 is 0 Å². The number of fused-ring (bicyclic) bond motifs is 1. The molecule has 0 aliphatic carbocycles. The Kier molecular flexibility index (Phi) is 5.83. The Morgan fingerprint density at radius 2 is 1.94 bits per heavy atom. The highest BCUT2D eigenvalue weighted by molar-refractivity contribution is 5.77.